The molecule has 0 aliphatic rings. The maximum atomic E-state index is 5.79. The average molecular weight is 272 g/mol. The molecular weight excluding hydrogens is 265 g/mol. The first kappa shape index (κ1) is 11.5. The fraction of sp³-hybridized carbons (Fsp3) is 0. The van der Waals surface area contributed by atoms with Gasteiger partial charge in [0.2, 0.25) is 0 Å². The average Bonchev–Trinajstić information content (AvgIpc) is 2.28. The molecule has 2 N–H and O–H groups in total. The second-order valence-electron chi connectivity index (χ2n) is 2.94. The number of halogens is 2. The van der Waals surface area contributed by atoms with E-state index in [0.717, 1.165) is 4.90 Å². The molecule has 6 heteroatoms. The van der Waals surface area contributed by atoms with Crippen molar-refractivity contribution in [1.82, 2.24) is 9.97 Å². The molecule has 0 atom stereocenters. The van der Waals surface area contributed by atoms with Crippen molar-refractivity contribution in [2.75, 3.05) is 5.73 Å². The van der Waals surface area contributed by atoms with E-state index in [1.54, 1.807) is 0 Å². The largest absolute Gasteiger partial charge is 0.394 e. The lowest BCUT2D eigenvalue weighted by atomic mass is 10.4. The molecule has 16 heavy (non-hydrogen) atoms. The van der Waals surface area contributed by atoms with Crippen LogP contribution in [0.3, 0.4) is 0 Å². The number of rotatable bonds is 2. The van der Waals surface area contributed by atoms with E-state index in [0.29, 0.717) is 15.7 Å². The minimum Gasteiger partial charge on any atom is -0.394 e. The van der Waals surface area contributed by atoms with Gasteiger partial charge in [0, 0.05) is 9.92 Å². The van der Waals surface area contributed by atoms with Gasteiger partial charge >= 0.3 is 0 Å². The first-order valence-corrected chi connectivity index (χ1v) is 5.93. The Balaban J connectivity index is 2.27. The lowest BCUT2D eigenvalue weighted by Crippen LogP contribution is -1.94. The van der Waals surface area contributed by atoms with E-state index in [2.05, 4.69) is 9.97 Å². The number of hydrogen-bond donors (Lipinski definition) is 1. The third kappa shape index (κ3) is 2.58. The summed E-state index contributed by atoms with van der Waals surface area (Å²) in [4.78, 5) is 8.85. The Hall–Kier alpha value is -0.970. The molecule has 0 spiro atoms. The second kappa shape index (κ2) is 4.91. The quantitative estimate of drug-likeness (QED) is 0.850. The highest BCUT2D eigenvalue weighted by molar-refractivity contribution is 7.99. The first-order valence-electron chi connectivity index (χ1n) is 4.36. The van der Waals surface area contributed by atoms with Crippen LogP contribution in [0.1, 0.15) is 0 Å². The van der Waals surface area contributed by atoms with Crippen LogP contribution in [0.4, 0.5) is 5.69 Å². The first-order chi connectivity index (χ1) is 7.66. The Morgan fingerprint density at radius 2 is 1.75 bits per heavy atom. The summed E-state index contributed by atoms with van der Waals surface area (Å²) in [6.45, 7) is 0. The van der Waals surface area contributed by atoms with Gasteiger partial charge in [0.25, 0.3) is 0 Å². The zero-order valence-electron chi connectivity index (χ0n) is 8.02. The van der Waals surface area contributed by atoms with E-state index in [1.165, 1.54) is 18.1 Å². The number of benzene rings is 1. The summed E-state index contributed by atoms with van der Waals surface area (Å²) in [5.41, 5.74) is 6.15. The molecule has 82 valence electrons. The van der Waals surface area contributed by atoms with Crippen molar-refractivity contribution < 1.29 is 0 Å². The molecule has 0 saturated heterocycles. The number of anilines is 1. The maximum Gasteiger partial charge on any atom is 0.156 e. The molecule has 0 amide bonds. The van der Waals surface area contributed by atoms with Crippen molar-refractivity contribution >= 4 is 40.7 Å². The van der Waals surface area contributed by atoms with Crippen LogP contribution in [0, 0.1) is 0 Å². The minimum absolute atomic E-state index is 0.270. The standard InChI is InChI=1S/C10H7Cl2N3S/c11-6-1-3-7(4-2-6)16-10-8(13)9(12)14-5-15-10/h1-5H,13H2. The van der Waals surface area contributed by atoms with Crippen LogP contribution >= 0.6 is 35.0 Å². The molecule has 0 unspecified atom stereocenters. The summed E-state index contributed by atoms with van der Waals surface area (Å²) in [6, 6.07) is 7.40. The van der Waals surface area contributed by atoms with Crippen molar-refractivity contribution in [2.45, 2.75) is 9.92 Å². The van der Waals surface area contributed by atoms with Crippen molar-refractivity contribution in [3.8, 4) is 0 Å². The van der Waals surface area contributed by atoms with Crippen LogP contribution in [-0.2, 0) is 0 Å². The molecule has 2 aromatic rings. The summed E-state index contributed by atoms with van der Waals surface area (Å²) in [5.74, 6) is 0. The summed E-state index contributed by atoms with van der Waals surface area (Å²) < 4.78 is 0. The molecule has 0 aliphatic heterocycles. The van der Waals surface area contributed by atoms with Gasteiger partial charge in [-0.05, 0) is 24.3 Å². The molecule has 3 nitrogen and oxygen atoms in total. The zero-order valence-corrected chi connectivity index (χ0v) is 10.4. The maximum absolute atomic E-state index is 5.79. The Bertz CT molecular complexity index is 502. The summed E-state index contributed by atoms with van der Waals surface area (Å²) in [5, 5.41) is 1.60. The molecular formula is C10H7Cl2N3S. The SMILES string of the molecule is Nc1c(Cl)ncnc1Sc1ccc(Cl)cc1. The van der Waals surface area contributed by atoms with Gasteiger partial charge in [-0.1, -0.05) is 35.0 Å². The highest BCUT2D eigenvalue weighted by Gasteiger charge is 2.07. The molecule has 0 saturated carbocycles. The lowest BCUT2D eigenvalue weighted by molar-refractivity contribution is 1.06. The normalized spacial score (nSPS) is 10.4. The summed E-state index contributed by atoms with van der Waals surface area (Å²) >= 11 is 13.0. The van der Waals surface area contributed by atoms with Gasteiger partial charge < -0.3 is 5.73 Å². The topological polar surface area (TPSA) is 51.8 Å². The van der Waals surface area contributed by atoms with Crippen molar-refractivity contribution in [3.63, 3.8) is 0 Å². The number of nitrogens with zero attached hydrogens (tertiary/aromatic N) is 2. The van der Waals surface area contributed by atoms with Gasteiger partial charge in [-0.2, -0.15) is 0 Å². The van der Waals surface area contributed by atoms with Gasteiger partial charge in [0.1, 0.15) is 17.0 Å². The number of hydrogen-bond acceptors (Lipinski definition) is 4. The third-order valence-electron chi connectivity index (χ3n) is 1.83. The van der Waals surface area contributed by atoms with E-state index in [1.807, 2.05) is 24.3 Å². The van der Waals surface area contributed by atoms with E-state index in [-0.39, 0.29) is 5.15 Å². The second-order valence-corrected chi connectivity index (χ2v) is 4.80. The Morgan fingerprint density at radius 3 is 2.44 bits per heavy atom. The monoisotopic (exact) mass is 271 g/mol. The fourth-order valence-corrected chi connectivity index (χ4v) is 2.17. The van der Waals surface area contributed by atoms with Crippen molar-refractivity contribution in [1.29, 1.82) is 0 Å². The number of aromatic nitrogens is 2. The van der Waals surface area contributed by atoms with Gasteiger partial charge in [-0.15, -0.1) is 0 Å². The third-order valence-corrected chi connectivity index (χ3v) is 3.41. The van der Waals surface area contributed by atoms with Gasteiger partial charge in [-0.25, -0.2) is 9.97 Å². The molecule has 0 radical (unpaired) electrons. The zero-order chi connectivity index (χ0) is 11.5. The molecule has 1 aromatic heterocycles. The highest BCUT2D eigenvalue weighted by Crippen LogP contribution is 2.32. The van der Waals surface area contributed by atoms with E-state index >= 15 is 0 Å². The van der Waals surface area contributed by atoms with Crippen LogP contribution in [0.5, 0.6) is 0 Å². The van der Waals surface area contributed by atoms with Gasteiger partial charge in [-0.3, -0.25) is 0 Å². The van der Waals surface area contributed by atoms with Crippen LogP contribution < -0.4 is 5.73 Å². The van der Waals surface area contributed by atoms with E-state index < -0.39 is 0 Å². The molecule has 1 aromatic carbocycles. The Labute approximate surface area is 107 Å². The predicted molar refractivity (Wildman–Crippen MR) is 67.0 cm³/mol. The highest BCUT2D eigenvalue weighted by atomic mass is 35.5. The Morgan fingerprint density at radius 1 is 1.06 bits per heavy atom. The molecule has 2 rings (SSSR count). The van der Waals surface area contributed by atoms with E-state index in [4.69, 9.17) is 28.9 Å². The predicted octanol–water partition coefficient (Wildman–Crippen LogP) is 3.52. The van der Waals surface area contributed by atoms with Crippen molar-refractivity contribution in [2.24, 2.45) is 0 Å². The number of nitrogen functional groups attached to an aromatic ring is 1. The number of nitrogens with two attached hydrogens (primary N) is 1. The van der Waals surface area contributed by atoms with Gasteiger partial charge in [0.15, 0.2) is 5.15 Å². The van der Waals surface area contributed by atoms with Crippen LogP contribution in [0.25, 0.3) is 0 Å². The lowest BCUT2D eigenvalue weighted by Gasteiger charge is -2.04. The molecule has 0 fully saturated rings. The smallest absolute Gasteiger partial charge is 0.156 e. The van der Waals surface area contributed by atoms with E-state index in [9.17, 15) is 0 Å². The fourth-order valence-electron chi connectivity index (χ4n) is 1.05. The Kier molecular flexibility index (Phi) is 3.53. The minimum atomic E-state index is 0.270. The van der Waals surface area contributed by atoms with Crippen LogP contribution in [-0.4, -0.2) is 9.97 Å². The van der Waals surface area contributed by atoms with Crippen molar-refractivity contribution in [3.05, 3.63) is 40.8 Å². The van der Waals surface area contributed by atoms with Gasteiger partial charge in [0.05, 0.1) is 0 Å². The molecule has 1 heterocycles. The van der Waals surface area contributed by atoms with Crippen LogP contribution in [0.15, 0.2) is 40.5 Å². The van der Waals surface area contributed by atoms with Crippen LogP contribution in [0.2, 0.25) is 10.2 Å². The molecule has 0 aliphatic carbocycles. The summed E-state index contributed by atoms with van der Waals surface area (Å²) in [6.07, 6.45) is 1.39. The molecule has 0 bridgehead atoms. The summed E-state index contributed by atoms with van der Waals surface area (Å²) in [7, 11) is 0.